The Morgan fingerprint density at radius 3 is 1.86 bits per heavy atom. The number of carboxylic acid groups (broad SMARTS) is 2. The first kappa shape index (κ1) is 33.6. The third-order valence-electron chi connectivity index (χ3n) is 7.36. The van der Waals surface area contributed by atoms with Crippen LogP contribution in [0, 0.1) is 0 Å². The molecule has 1 unspecified atom stereocenters. The van der Waals surface area contributed by atoms with Crippen LogP contribution in [0.25, 0.3) is 16.2 Å². The van der Waals surface area contributed by atoms with Crippen molar-refractivity contribution >= 4 is 50.4 Å². The highest BCUT2D eigenvalue weighted by Gasteiger charge is 2.20. The molecule has 15 nitrogen and oxygen atoms in total. The number of imidazole rings is 1. The van der Waals surface area contributed by atoms with Crippen molar-refractivity contribution in [1.82, 2.24) is 34.2 Å². The number of ketones is 1. The topological polar surface area (TPSA) is 184 Å². The summed E-state index contributed by atoms with van der Waals surface area (Å²) in [6, 6.07) is 7.57. The Morgan fingerprint density at radius 1 is 0.864 bits per heavy atom. The number of Topliss-reactive ketones (excluding diaryl/α,β-unsaturated/α-hetero) is 1. The number of aliphatic carboxylic acids is 2. The van der Waals surface area contributed by atoms with Crippen LogP contribution in [0.5, 0.6) is 0 Å². The van der Waals surface area contributed by atoms with E-state index in [2.05, 4.69) is 31.5 Å². The highest BCUT2D eigenvalue weighted by molar-refractivity contribution is 7.80. The van der Waals surface area contributed by atoms with E-state index in [1.54, 1.807) is 11.1 Å². The van der Waals surface area contributed by atoms with Crippen LogP contribution in [0.1, 0.15) is 12.5 Å². The largest absolute Gasteiger partial charge is 0.480 e. The molecular formula is C27H38N8O7S2. The van der Waals surface area contributed by atoms with Gasteiger partial charge in [0, 0.05) is 64.3 Å². The summed E-state index contributed by atoms with van der Waals surface area (Å²) < 4.78 is 23.8. The maximum absolute atomic E-state index is 13.2. The Labute approximate surface area is 261 Å². The number of aromatic nitrogens is 3. The molecule has 0 saturated carbocycles. The van der Waals surface area contributed by atoms with Crippen LogP contribution < -0.4 is 4.72 Å². The minimum atomic E-state index is -2.21. The number of benzene rings is 1. The van der Waals surface area contributed by atoms with Crippen LogP contribution in [0.15, 0.2) is 30.5 Å². The van der Waals surface area contributed by atoms with Gasteiger partial charge in [0.15, 0.2) is 5.78 Å². The van der Waals surface area contributed by atoms with Crippen molar-refractivity contribution in [2.24, 2.45) is 0 Å². The first-order chi connectivity index (χ1) is 21.1. The van der Waals surface area contributed by atoms with E-state index in [4.69, 9.17) is 4.55 Å². The summed E-state index contributed by atoms with van der Waals surface area (Å²) in [4.78, 5) is 49.1. The number of likely N-dealkylation sites (N-methyl/N-ethyl adjacent to an activating group) is 1. The zero-order chi connectivity index (χ0) is 31.6. The van der Waals surface area contributed by atoms with Gasteiger partial charge in [0.1, 0.15) is 0 Å². The third-order valence-corrected chi connectivity index (χ3v) is 8.70. The lowest BCUT2D eigenvalue weighted by Gasteiger charge is -2.33. The smallest absolute Gasteiger partial charge is 0.317 e. The second-order valence-corrected chi connectivity index (χ2v) is 12.2. The average Bonchev–Trinajstić information content (AvgIpc) is 3.51. The minimum Gasteiger partial charge on any atom is -0.480 e. The molecule has 240 valence electrons. The number of hydrogen-bond donors (Lipinski definition) is 4. The van der Waals surface area contributed by atoms with Crippen molar-refractivity contribution in [3.05, 3.63) is 36.0 Å². The molecule has 1 aliphatic heterocycles. The van der Waals surface area contributed by atoms with E-state index in [0.29, 0.717) is 63.0 Å². The lowest BCUT2D eigenvalue weighted by atomic mass is 10.1. The van der Waals surface area contributed by atoms with Crippen LogP contribution in [0.2, 0.25) is 0 Å². The van der Waals surface area contributed by atoms with Gasteiger partial charge in [0.2, 0.25) is 10.1 Å². The molecule has 4 rings (SSSR count). The molecule has 3 aromatic rings. The SMILES string of the molecule is CCN1CCN(CC(=O)O)CCN(CC(=O)O)CCN(CC(=O)Cc2ccc(-c3cn4nc(NS(=O)O)sc4n3)cc2)CC1. The molecule has 1 atom stereocenters. The van der Waals surface area contributed by atoms with Gasteiger partial charge in [-0.2, -0.15) is 0 Å². The number of anilines is 1. The van der Waals surface area contributed by atoms with Gasteiger partial charge in [0.25, 0.3) is 11.3 Å². The first-order valence-corrected chi connectivity index (χ1v) is 16.2. The van der Waals surface area contributed by atoms with Crippen LogP contribution in [-0.2, 0) is 32.1 Å². The number of carbonyl (C=O) groups is 3. The van der Waals surface area contributed by atoms with Crippen molar-refractivity contribution in [1.29, 1.82) is 0 Å². The van der Waals surface area contributed by atoms with Gasteiger partial charge in [-0.3, -0.25) is 38.4 Å². The zero-order valence-electron chi connectivity index (χ0n) is 24.5. The Hall–Kier alpha value is -3.32. The lowest BCUT2D eigenvalue weighted by molar-refractivity contribution is -0.140. The van der Waals surface area contributed by atoms with Gasteiger partial charge in [-0.25, -0.2) is 13.7 Å². The number of carbonyl (C=O) groups excluding carboxylic acids is 1. The summed E-state index contributed by atoms with van der Waals surface area (Å²) in [6.45, 7) is 7.29. The molecule has 3 heterocycles. The second-order valence-electron chi connectivity index (χ2n) is 10.6. The molecule has 1 aromatic carbocycles. The molecule has 0 spiro atoms. The molecular weight excluding hydrogens is 612 g/mol. The van der Waals surface area contributed by atoms with E-state index in [-0.39, 0.29) is 37.0 Å². The Balaban J connectivity index is 1.37. The van der Waals surface area contributed by atoms with Crippen LogP contribution in [0.3, 0.4) is 0 Å². The van der Waals surface area contributed by atoms with E-state index in [9.17, 15) is 28.8 Å². The van der Waals surface area contributed by atoms with Crippen molar-refractivity contribution in [3.63, 3.8) is 0 Å². The van der Waals surface area contributed by atoms with Gasteiger partial charge in [0.05, 0.1) is 31.5 Å². The molecule has 1 fully saturated rings. The van der Waals surface area contributed by atoms with Crippen LogP contribution >= 0.6 is 11.3 Å². The zero-order valence-corrected chi connectivity index (χ0v) is 26.1. The summed E-state index contributed by atoms with van der Waals surface area (Å²) >= 11 is -1.06. The Morgan fingerprint density at radius 2 is 1.39 bits per heavy atom. The lowest BCUT2D eigenvalue weighted by Crippen LogP contribution is -2.48. The van der Waals surface area contributed by atoms with Gasteiger partial charge in [-0.15, -0.1) is 5.10 Å². The molecule has 1 aliphatic rings. The molecule has 44 heavy (non-hydrogen) atoms. The Kier molecular flexibility index (Phi) is 12.3. The van der Waals surface area contributed by atoms with E-state index in [1.807, 2.05) is 29.2 Å². The van der Waals surface area contributed by atoms with Crippen molar-refractivity contribution in [3.8, 4) is 11.3 Å². The second kappa shape index (κ2) is 16.1. The van der Waals surface area contributed by atoms with Crippen molar-refractivity contribution in [2.45, 2.75) is 13.3 Å². The summed E-state index contributed by atoms with van der Waals surface area (Å²) in [5.41, 5.74) is 2.41. The van der Waals surface area contributed by atoms with Crippen LogP contribution in [0.4, 0.5) is 5.13 Å². The number of fused-ring (bicyclic) bond motifs is 1. The molecule has 17 heteroatoms. The van der Waals surface area contributed by atoms with Crippen molar-refractivity contribution < 1.29 is 33.4 Å². The molecule has 0 bridgehead atoms. The van der Waals surface area contributed by atoms with E-state index >= 15 is 0 Å². The molecule has 1 saturated heterocycles. The van der Waals surface area contributed by atoms with Crippen LogP contribution in [-0.4, -0.2) is 149 Å². The molecule has 4 N–H and O–H groups in total. The van der Waals surface area contributed by atoms with E-state index in [0.717, 1.165) is 29.0 Å². The van der Waals surface area contributed by atoms with Gasteiger partial charge < -0.3 is 15.1 Å². The number of hydrogen-bond acceptors (Lipinski definition) is 11. The third kappa shape index (κ3) is 10.4. The quantitative estimate of drug-likeness (QED) is 0.199. The van der Waals surface area contributed by atoms with E-state index < -0.39 is 23.2 Å². The maximum Gasteiger partial charge on any atom is 0.317 e. The predicted octanol–water partition coefficient (Wildman–Crippen LogP) is 0.529. The number of carboxylic acids is 2. The molecule has 0 aliphatic carbocycles. The summed E-state index contributed by atoms with van der Waals surface area (Å²) in [5, 5.41) is 23.2. The monoisotopic (exact) mass is 650 g/mol. The standard InChI is InChI=1S/C27H38N8O7S2/c1-2-31-7-9-32(11-12-34(19-25(39)40)14-13-33(10-8-31)18-24(37)38)16-22(36)15-20-3-5-21(6-4-20)23-17-35-27(28-23)43-26(29-35)30-44(41)42/h3-6,17H,2,7-16,18-19H2,1H3,(H,29,30)(H,37,38)(H,39,40)(H,41,42). The average molecular weight is 651 g/mol. The number of rotatable bonds is 12. The van der Waals surface area contributed by atoms with Gasteiger partial charge in [-0.05, 0) is 12.1 Å². The van der Waals surface area contributed by atoms with Crippen molar-refractivity contribution in [2.75, 3.05) is 83.3 Å². The summed E-state index contributed by atoms with van der Waals surface area (Å²) in [7, 11) is 0. The van der Waals surface area contributed by atoms with E-state index in [1.165, 1.54) is 4.52 Å². The molecule has 0 radical (unpaired) electrons. The predicted molar refractivity (Wildman–Crippen MR) is 166 cm³/mol. The highest BCUT2D eigenvalue weighted by atomic mass is 32.2. The number of nitrogens with zero attached hydrogens (tertiary/aromatic N) is 7. The number of nitrogens with one attached hydrogen (secondary N) is 1. The normalized spacial score (nSPS) is 17.6. The molecule has 2 aromatic heterocycles. The van der Waals surface area contributed by atoms with Gasteiger partial charge >= 0.3 is 11.9 Å². The first-order valence-electron chi connectivity index (χ1n) is 14.3. The fourth-order valence-corrected chi connectivity index (χ4v) is 6.24. The van der Waals surface area contributed by atoms with Gasteiger partial charge in [-0.1, -0.05) is 42.5 Å². The summed E-state index contributed by atoms with van der Waals surface area (Å²) in [6.07, 6.45) is 1.98. The Bertz CT molecular complexity index is 1420. The minimum absolute atomic E-state index is 0.0540. The summed E-state index contributed by atoms with van der Waals surface area (Å²) in [5.74, 6) is -1.80. The fraction of sp³-hybridized carbons (Fsp3) is 0.519. The maximum atomic E-state index is 13.2. The fourth-order valence-electron chi connectivity index (χ4n) is 5.03. The highest BCUT2D eigenvalue weighted by Crippen LogP contribution is 2.25. The molecule has 0 amide bonds.